The Morgan fingerprint density at radius 2 is 2.05 bits per heavy atom. The fourth-order valence-corrected chi connectivity index (χ4v) is 4.26. The first kappa shape index (κ1) is 16.5. The van der Waals surface area contributed by atoms with E-state index in [1.54, 1.807) is 13.0 Å². The minimum Gasteiger partial charge on any atom is -0.495 e. The first-order valence-electron chi connectivity index (χ1n) is 6.82. The zero-order valence-corrected chi connectivity index (χ0v) is 13.7. The summed E-state index contributed by atoms with van der Waals surface area (Å²) in [6.45, 7) is 2.45. The summed E-state index contributed by atoms with van der Waals surface area (Å²) in [5.74, 6) is 0.439. The number of nitrogens with zero attached hydrogens (tertiary/aromatic N) is 1. The van der Waals surface area contributed by atoms with E-state index in [1.807, 2.05) is 0 Å². The van der Waals surface area contributed by atoms with Gasteiger partial charge in [0, 0.05) is 13.1 Å². The average molecular weight is 334 g/mol. The Bertz CT molecular complexity index is 615. The molecule has 5 nitrogen and oxygen atoms in total. The molecule has 1 aromatic carbocycles. The summed E-state index contributed by atoms with van der Waals surface area (Å²) in [6, 6.07) is 4.44. The van der Waals surface area contributed by atoms with Gasteiger partial charge in [-0.1, -0.05) is 11.6 Å². The lowest BCUT2D eigenvalue weighted by atomic mass is 9.98. The van der Waals surface area contributed by atoms with Crippen LogP contribution in [0.25, 0.3) is 0 Å². The summed E-state index contributed by atoms with van der Waals surface area (Å²) < 4.78 is 31.7. The van der Waals surface area contributed by atoms with Crippen molar-refractivity contribution in [1.29, 1.82) is 0 Å². The molecule has 1 heterocycles. The Morgan fingerprint density at radius 3 is 2.67 bits per heavy atom. The number of benzene rings is 1. The first-order valence-corrected chi connectivity index (χ1v) is 8.64. The molecule has 1 aromatic rings. The van der Waals surface area contributed by atoms with Crippen LogP contribution in [0.5, 0.6) is 5.75 Å². The summed E-state index contributed by atoms with van der Waals surface area (Å²) in [4.78, 5) is 0.148. The van der Waals surface area contributed by atoms with E-state index in [4.69, 9.17) is 16.3 Å². The first-order chi connectivity index (χ1) is 9.76. The van der Waals surface area contributed by atoms with Crippen LogP contribution >= 0.6 is 11.6 Å². The van der Waals surface area contributed by atoms with Gasteiger partial charge in [0.15, 0.2) is 0 Å². The van der Waals surface area contributed by atoms with Crippen molar-refractivity contribution in [2.24, 2.45) is 0 Å². The maximum atomic E-state index is 12.6. The highest BCUT2D eigenvalue weighted by Gasteiger charge is 2.31. The Hall–Kier alpha value is -0.820. The van der Waals surface area contributed by atoms with E-state index in [9.17, 15) is 13.5 Å². The van der Waals surface area contributed by atoms with E-state index < -0.39 is 15.6 Å². The highest BCUT2D eigenvalue weighted by molar-refractivity contribution is 7.89. The minimum absolute atomic E-state index is 0.148. The Labute approximate surface area is 130 Å². The molecular formula is C14H20ClNO4S. The third kappa shape index (κ3) is 3.69. The summed E-state index contributed by atoms with van der Waals surface area (Å²) in [6.07, 6.45) is 1.66. The minimum atomic E-state index is -3.60. The van der Waals surface area contributed by atoms with E-state index in [-0.39, 0.29) is 9.92 Å². The lowest BCUT2D eigenvalue weighted by Crippen LogP contribution is -2.33. The lowest BCUT2D eigenvalue weighted by molar-refractivity contribution is 0.0465. The van der Waals surface area contributed by atoms with Crippen LogP contribution in [0.3, 0.4) is 0 Å². The van der Waals surface area contributed by atoms with E-state index in [0.717, 1.165) is 0 Å². The third-order valence-electron chi connectivity index (χ3n) is 3.78. The van der Waals surface area contributed by atoms with Gasteiger partial charge >= 0.3 is 0 Å². The number of hydrogen-bond donors (Lipinski definition) is 1. The number of rotatable bonds is 3. The molecule has 1 N–H and O–H groups in total. The van der Waals surface area contributed by atoms with Gasteiger partial charge in [-0.05, 0) is 44.4 Å². The van der Waals surface area contributed by atoms with Gasteiger partial charge in [0.2, 0.25) is 10.0 Å². The second-order valence-electron chi connectivity index (χ2n) is 5.55. The molecule has 1 aliphatic rings. The topological polar surface area (TPSA) is 66.8 Å². The summed E-state index contributed by atoms with van der Waals surface area (Å²) in [7, 11) is -2.12. The predicted molar refractivity (Wildman–Crippen MR) is 81.2 cm³/mol. The smallest absolute Gasteiger partial charge is 0.243 e. The molecule has 118 valence electrons. The van der Waals surface area contributed by atoms with E-state index in [1.165, 1.54) is 23.5 Å². The molecule has 0 aliphatic carbocycles. The molecule has 0 saturated carbocycles. The van der Waals surface area contributed by atoms with Gasteiger partial charge in [-0.25, -0.2) is 8.42 Å². The van der Waals surface area contributed by atoms with E-state index in [0.29, 0.717) is 38.1 Å². The van der Waals surface area contributed by atoms with Crippen molar-refractivity contribution in [3.05, 3.63) is 23.2 Å². The van der Waals surface area contributed by atoms with Crippen LogP contribution < -0.4 is 4.74 Å². The van der Waals surface area contributed by atoms with Crippen LogP contribution in [-0.4, -0.2) is 43.6 Å². The van der Waals surface area contributed by atoms with Gasteiger partial charge < -0.3 is 9.84 Å². The fourth-order valence-electron chi connectivity index (χ4n) is 2.44. The average Bonchev–Trinajstić information content (AvgIpc) is 2.60. The predicted octanol–water partition coefficient (Wildman–Crippen LogP) is 2.27. The molecule has 0 spiro atoms. The molecule has 21 heavy (non-hydrogen) atoms. The number of halogens is 1. The third-order valence-corrected chi connectivity index (χ3v) is 5.97. The molecule has 2 rings (SSSR count). The number of ether oxygens (including phenoxy) is 1. The second-order valence-corrected chi connectivity index (χ2v) is 7.90. The van der Waals surface area contributed by atoms with Crippen molar-refractivity contribution >= 4 is 21.6 Å². The monoisotopic (exact) mass is 333 g/mol. The van der Waals surface area contributed by atoms with Gasteiger partial charge in [0.05, 0.1) is 22.6 Å². The van der Waals surface area contributed by atoms with Gasteiger partial charge in [0.25, 0.3) is 0 Å². The number of sulfonamides is 1. The van der Waals surface area contributed by atoms with Crippen LogP contribution in [0.1, 0.15) is 26.2 Å². The number of aliphatic hydroxyl groups is 1. The molecule has 1 saturated heterocycles. The largest absolute Gasteiger partial charge is 0.495 e. The molecule has 0 aromatic heterocycles. The molecule has 1 aliphatic heterocycles. The van der Waals surface area contributed by atoms with Gasteiger partial charge in [-0.2, -0.15) is 4.31 Å². The number of hydrogen-bond acceptors (Lipinski definition) is 4. The van der Waals surface area contributed by atoms with Crippen LogP contribution in [0, 0.1) is 0 Å². The fraction of sp³-hybridized carbons (Fsp3) is 0.571. The van der Waals surface area contributed by atoms with Crippen molar-refractivity contribution in [3.63, 3.8) is 0 Å². The summed E-state index contributed by atoms with van der Waals surface area (Å²) in [5.41, 5.74) is -0.804. The molecule has 1 atom stereocenters. The van der Waals surface area contributed by atoms with Crippen molar-refractivity contribution in [3.8, 4) is 5.75 Å². The van der Waals surface area contributed by atoms with E-state index >= 15 is 0 Å². The Balaban J connectivity index is 2.27. The zero-order chi connectivity index (χ0) is 15.7. The normalized spacial score (nSPS) is 24.6. The van der Waals surface area contributed by atoms with E-state index in [2.05, 4.69) is 0 Å². The summed E-state index contributed by atoms with van der Waals surface area (Å²) >= 11 is 6.00. The van der Waals surface area contributed by atoms with Crippen molar-refractivity contribution in [1.82, 2.24) is 4.31 Å². The molecular weight excluding hydrogens is 314 g/mol. The highest BCUT2D eigenvalue weighted by Crippen LogP contribution is 2.30. The van der Waals surface area contributed by atoms with Crippen LogP contribution in [0.15, 0.2) is 23.1 Å². The maximum absolute atomic E-state index is 12.6. The maximum Gasteiger partial charge on any atom is 0.243 e. The lowest BCUT2D eigenvalue weighted by Gasteiger charge is -2.22. The molecule has 0 bridgehead atoms. The highest BCUT2D eigenvalue weighted by atomic mass is 35.5. The molecule has 7 heteroatoms. The van der Waals surface area contributed by atoms with Crippen LogP contribution in [0.2, 0.25) is 5.02 Å². The Morgan fingerprint density at radius 1 is 1.33 bits per heavy atom. The van der Waals surface area contributed by atoms with Crippen molar-refractivity contribution in [2.45, 2.75) is 36.7 Å². The molecule has 1 fully saturated rings. The van der Waals surface area contributed by atoms with Crippen LogP contribution in [-0.2, 0) is 10.0 Å². The SMILES string of the molecule is COc1ccc(S(=O)(=O)N2CCCC(C)(O)CC2)cc1Cl. The molecule has 0 amide bonds. The van der Waals surface area contributed by atoms with Gasteiger partial charge in [0.1, 0.15) is 5.75 Å². The van der Waals surface area contributed by atoms with Crippen molar-refractivity contribution < 1.29 is 18.3 Å². The van der Waals surface area contributed by atoms with Gasteiger partial charge in [-0.3, -0.25) is 0 Å². The Kier molecular flexibility index (Phi) is 4.82. The number of methoxy groups -OCH3 is 1. The molecule has 0 radical (unpaired) electrons. The van der Waals surface area contributed by atoms with Crippen molar-refractivity contribution in [2.75, 3.05) is 20.2 Å². The second kappa shape index (κ2) is 6.12. The quantitative estimate of drug-likeness (QED) is 0.921. The van der Waals surface area contributed by atoms with Gasteiger partial charge in [-0.15, -0.1) is 0 Å². The summed E-state index contributed by atoms with van der Waals surface area (Å²) in [5, 5.41) is 10.3. The molecule has 1 unspecified atom stereocenters. The standard InChI is InChI=1S/C14H20ClNO4S/c1-14(17)6-3-8-16(9-7-14)21(18,19)11-4-5-13(20-2)12(15)10-11/h4-5,10,17H,3,6-9H2,1-2H3. The van der Waals surface area contributed by atoms with Crippen LogP contribution in [0.4, 0.5) is 0 Å². The zero-order valence-electron chi connectivity index (χ0n) is 12.2.